The molecule has 0 aromatic carbocycles. The first-order chi connectivity index (χ1) is 14.6. The van der Waals surface area contributed by atoms with Crippen LogP contribution in [0.5, 0.6) is 0 Å². The number of aliphatic hydroxyl groups excluding tert-OH is 1. The Morgan fingerprint density at radius 3 is 1.69 bits per heavy atom. The van der Waals surface area contributed by atoms with Crippen LogP contribution >= 0.6 is 0 Å². The Labute approximate surface area is 187 Å². The van der Waals surface area contributed by atoms with Gasteiger partial charge >= 0.3 is 5.97 Å². The van der Waals surface area contributed by atoms with Crippen molar-refractivity contribution in [3.63, 3.8) is 0 Å². The molecule has 184 valence electrons. The van der Waals surface area contributed by atoms with Crippen molar-refractivity contribution in [2.75, 3.05) is 0 Å². The number of carboxylic acid groups (broad SMARTS) is 1. The largest absolute Gasteiger partial charge is 0.480 e. The molecule has 4 amide bonds. The summed E-state index contributed by atoms with van der Waals surface area (Å²) in [7, 11) is 0. The predicted molar refractivity (Wildman–Crippen MR) is 116 cm³/mol. The number of hydrogen-bond donors (Lipinski definition) is 7. The molecule has 0 heterocycles. The topological polar surface area (TPSA) is 214 Å². The molecule has 0 aliphatic rings. The molecule has 0 spiro atoms. The maximum atomic E-state index is 12.7. The van der Waals surface area contributed by atoms with Crippen molar-refractivity contribution in [2.45, 2.75) is 84.2 Å². The zero-order chi connectivity index (χ0) is 25.2. The Kier molecular flexibility index (Phi) is 12.5. The summed E-state index contributed by atoms with van der Waals surface area (Å²) in [5.41, 5.74) is 11.0. The van der Waals surface area contributed by atoms with E-state index < -0.39 is 66.3 Å². The minimum atomic E-state index is -1.50. The van der Waals surface area contributed by atoms with Crippen LogP contribution in [0.4, 0.5) is 0 Å². The highest BCUT2D eigenvalue weighted by atomic mass is 16.4. The molecule has 12 heteroatoms. The van der Waals surface area contributed by atoms with Crippen molar-refractivity contribution < 1.29 is 34.2 Å². The van der Waals surface area contributed by atoms with Crippen LogP contribution in [-0.4, -0.2) is 70.1 Å². The highest BCUT2D eigenvalue weighted by Gasteiger charge is 2.33. The molecule has 0 aromatic heterocycles. The highest BCUT2D eigenvalue weighted by Crippen LogP contribution is 2.07. The van der Waals surface area contributed by atoms with Crippen LogP contribution < -0.4 is 27.4 Å². The molecule has 9 N–H and O–H groups in total. The molecule has 12 nitrogen and oxygen atoms in total. The SMILES string of the molecule is CC(C)CC(N)C(=O)NC(C(=O)NC(CC(N)=O)C(=O)NC(CC(C)C)C(=O)O)C(C)O. The number of nitrogens with two attached hydrogens (primary N) is 2. The molecule has 5 unspecified atom stereocenters. The first kappa shape index (κ1) is 29.3. The number of aliphatic carboxylic acids is 1. The van der Waals surface area contributed by atoms with Gasteiger partial charge in [0.2, 0.25) is 23.6 Å². The second kappa shape index (κ2) is 13.6. The fourth-order valence-electron chi connectivity index (χ4n) is 2.92. The van der Waals surface area contributed by atoms with Crippen LogP contribution in [0.1, 0.15) is 53.9 Å². The number of amides is 4. The fraction of sp³-hybridized carbons (Fsp3) is 0.750. The molecule has 0 fully saturated rings. The van der Waals surface area contributed by atoms with Crippen molar-refractivity contribution in [3.05, 3.63) is 0 Å². The third kappa shape index (κ3) is 11.0. The summed E-state index contributed by atoms with van der Waals surface area (Å²) in [6, 6.07) is -5.12. The lowest BCUT2D eigenvalue weighted by molar-refractivity contribution is -0.143. The Morgan fingerprint density at radius 1 is 0.781 bits per heavy atom. The maximum absolute atomic E-state index is 12.7. The van der Waals surface area contributed by atoms with Gasteiger partial charge < -0.3 is 37.6 Å². The van der Waals surface area contributed by atoms with Gasteiger partial charge in [-0.25, -0.2) is 4.79 Å². The molecule has 0 aromatic rings. The normalized spacial score (nSPS) is 15.9. The molecule has 0 saturated carbocycles. The van der Waals surface area contributed by atoms with Crippen molar-refractivity contribution in [3.8, 4) is 0 Å². The second-order valence-electron chi connectivity index (χ2n) is 8.72. The Balaban J connectivity index is 5.45. The number of primary amides is 1. The van der Waals surface area contributed by atoms with Crippen LogP contribution in [0.25, 0.3) is 0 Å². The molecule has 0 rings (SSSR count). The smallest absolute Gasteiger partial charge is 0.326 e. The summed E-state index contributed by atoms with van der Waals surface area (Å²) in [5, 5.41) is 26.1. The fourth-order valence-corrected chi connectivity index (χ4v) is 2.92. The molecule has 0 radical (unpaired) electrons. The van der Waals surface area contributed by atoms with Crippen molar-refractivity contribution in [1.82, 2.24) is 16.0 Å². The average molecular weight is 460 g/mol. The molecule has 0 bridgehead atoms. The summed E-state index contributed by atoms with van der Waals surface area (Å²) in [5.74, 6) is -4.68. The minimum absolute atomic E-state index is 0.0505. The number of carbonyl (C=O) groups excluding carboxylic acids is 4. The van der Waals surface area contributed by atoms with E-state index in [1.54, 1.807) is 13.8 Å². The second-order valence-corrected chi connectivity index (χ2v) is 8.72. The first-order valence-electron chi connectivity index (χ1n) is 10.5. The van der Waals surface area contributed by atoms with E-state index in [0.717, 1.165) is 0 Å². The first-order valence-corrected chi connectivity index (χ1v) is 10.5. The zero-order valence-electron chi connectivity index (χ0n) is 19.3. The summed E-state index contributed by atoms with van der Waals surface area (Å²) < 4.78 is 0. The minimum Gasteiger partial charge on any atom is -0.480 e. The third-order valence-corrected chi connectivity index (χ3v) is 4.48. The van der Waals surface area contributed by atoms with E-state index in [4.69, 9.17) is 11.5 Å². The van der Waals surface area contributed by atoms with Gasteiger partial charge in [0.05, 0.1) is 18.6 Å². The van der Waals surface area contributed by atoms with E-state index in [9.17, 15) is 34.2 Å². The Bertz CT molecular complexity index is 681. The maximum Gasteiger partial charge on any atom is 0.326 e. The van der Waals surface area contributed by atoms with Gasteiger partial charge in [-0.2, -0.15) is 0 Å². The zero-order valence-corrected chi connectivity index (χ0v) is 19.3. The molecule has 0 aliphatic heterocycles. The molecule has 5 atom stereocenters. The van der Waals surface area contributed by atoms with Gasteiger partial charge in [-0.05, 0) is 31.6 Å². The number of carbonyl (C=O) groups is 5. The third-order valence-electron chi connectivity index (χ3n) is 4.48. The lowest BCUT2D eigenvalue weighted by atomic mass is 10.0. The summed E-state index contributed by atoms with van der Waals surface area (Å²) in [6.07, 6.45) is -1.49. The van der Waals surface area contributed by atoms with Crippen molar-refractivity contribution in [2.24, 2.45) is 23.3 Å². The van der Waals surface area contributed by atoms with Crippen LogP contribution in [0.2, 0.25) is 0 Å². The summed E-state index contributed by atoms with van der Waals surface area (Å²) in [4.78, 5) is 60.4. The molecular formula is C20H37N5O7. The van der Waals surface area contributed by atoms with Gasteiger partial charge in [0.25, 0.3) is 0 Å². The van der Waals surface area contributed by atoms with Crippen LogP contribution in [-0.2, 0) is 24.0 Å². The van der Waals surface area contributed by atoms with E-state index in [2.05, 4.69) is 16.0 Å². The van der Waals surface area contributed by atoms with Crippen molar-refractivity contribution >= 4 is 29.6 Å². The molecule has 32 heavy (non-hydrogen) atoms. The van der Waals surface area contributed by atoms with E-state index >= 15 is 0 Å². The summed E-state index contributed by atoms with van der Waals surface area (Å²) in [6.45, 7) is 8.52. The lowest BCUT2D eigenvalue weighted by Crippen LogP contribution is -2.60. The van der Waals surface area contributed by atoms with Crippen LogP contribution in [0, 0.1) is 11.8 Å². The van der Waals surface area contributed by atoms with Gasteiger partial charge in [-0.1, -0.05) is 27.7 Å². The van der Waals surface area contributed by atoms with Crippen LogP contribution in [0.15, 0.2) is 0 Å². The van der Waals surface area contributed by atoms with E-state index in [-0.39, 0.29) is 18.3 Å². The van der Waals surface area contributed by atoms with Gasteiger partial charge in [-0.15, -0.1) is 0 Å². The van der Waals surface area contributed by atoms with Gasteiger partial charge in [0, 0.05) is 0 Å². The monoisotopic (exact) mass is 459 g/mol. The quantitative estimate of drug-likeness (QED) is 0.157. The summed E-state index contributed by atoms with van der Waals surface area (Å²) >= 11 is 0. The van der Waals surface area contributed by atoms with Gasteiger partial charge in [0.15, 0.2) is 0 Å². The number of nitrogens with one attached hydrogen (secondary N) is 3. The number of hydrogen-bond acceptors (Lipinski definition) is 7. The Morgan fingerprint density at radius 2 is 1.28 bits per heavy atom. The van der Waals surface area contributed by atoms with E-state index in [1.807, 2.05) is 13.8 Å². The standard InChI is InChI=1S/C20H37N5O7/c1-9(2)6-12(21)17(28)25-16(11(5)26)19(30)23-13(8-15(22)27)18(29)24-14(20(31)32)7-10(3)4/h9-14,16,26H,6-8,21H2,1-5H3,(H2,22,27)(H,23,30)(H,24,29)(H,25,28)(H,31,32). The number of aliphatic hydroxyl groups is 1. The van der Waals surface area contributed by atoms with Crippen molar-refractivity contribution in [1.29, 1.82) is 0 Å². The highest BCUT2D eigenvalue weighted by molar-refractivity contribution is 5.96. The lowest BCUT2D eigenvalue weighted by Gasteiger charge is -2.26. The van der Waals surface area contributed by atoms with Crippen LogP contribution in [0.3, 0.4) is 0 Å². The molecule has 0 saturated heterocycles. The molecule has 0 aliphatic carbocycles. The molecular weight excluding hydrogens is 422 g/mol. The number of rotatable bonds is 14. The number of carboxylic acids is 1. The predicted octanol–water partition coefficient (Wildman–Crippen LogP) is -1.80. The average Bonchev–Trinajstić information content (AvgIpc) is 2.62. The van der Waals surface area contributed by atoms with E-state index in [0.29, 0.717) is 6.42 Å². The van der Waals surface area contributed by atoms with Gasteiger partial charge in [-0.3, -0.25) is 19.2 Å². The Hall–Kier alpha value is -2.73. The van der Waals surface area contributed by atoms with E-state index in [1.165, 1.54) is 6.92 Å². The van der Waals surface area contributed by atoms with Gasteiger partial charge in [0.1, 0.15) is 18.1 Å².